The van der Waals surface area contributed by atoms with Gasteiger partial charge in [-0.15, -0.1) is 0 Å². The Labute approximate surface area is 120 Å². The maximum absolute atomic E-state index is 12.4. The molecule has 1 aromatic carbocycles. The summed E-state index contributed by atoms with van der Waals surface area (Å²) in [6, 6.07) is 8.37. The molecule has 0 fully saturated rings. The number of rotatable bonds is 6. The van der Waals surface area contributed by atoms with Crippen LogP contribution in [0.1, 0.15) is 17.7 Å². The van der Waals surface area contributed by atoms with Gasteiger partial charge >= 0.3 is 6.18 Å². The summed E-state index contributed by atoms with van der Waals surface area (Å²) in [5.41, 5.74) is 5.62. The molecule has 0 saturated heterocycles. The zero-order valence-electron chi connectivity index (χ0n) is 11.3. The molecule has 2 aromatic rings. The highest BCUT2D eigenvalue weighted by molar-refractivity contribution is 5.28. The molecule has 21 heavy (non-hydrogen) atoms. The van der Waals surface area contributed by atoms with Crippen LogP contribution in [0.4, 0.5) is 13.2 Å². The van der Waals surface area contributed by atoms with Crippen LogP contribution in [0, 0.1) is 0 Å². The first kappa shape index (κ1) is 15.4. The summed E-state index contributed by atoms with van der Waals surface area (Å²) in [5.74, 6) is 0.703. The van der Waals surface area contributed by atoms with E-state index in [0.29, 0.717) is 31.9 Å². The van der Waals surface area contributed by atoms with Crippen LogP contribution >= 0.6 is 0 Å². The molecular formula is C14H16F3N3O. The molecule has 0 aliphatic carbocycles. The van der Waals surface area contributed by atoms with E-state index in [2.05, 4.69) is 5.10 Å². The first-order valence-corrected chi connectivity index (χ1v) is 6.51. The molecule has 0 radical (unpaired) electrons. The fourth-order valence-electron chi connectivity index (χ4n) is 1.82. The highest BCUT2D eigenvalue weighted by Gasteiger charge is 2.33. The van der Waals surface area contributed by atoms with Crippen molar-refractivity contribution in [2.45, 2.75) is 25.7 Å². The monoisotopic (exact) mass is 299 g/mol. The van der Waals surface area contributed by atoms with Crippen molar-refractivity contribution in [3.8, 4) is 5.75 Å². The smallest absolute Gasteiger partial charge is 0.435 e. The fraction of sp³-hybridized carbons (Fsp3) is 0.357. The summed E-state index contributed by atoms with van der Waals surface area (Å²) in [5, 5.41) is 3.47. The lowest BCUT2D eigenvalue weighted by molar-refractivity contribution is -0.141. The van der Waals surface area contributed by atoms with Crippen LogP contribution in [0.2, 0.25) is 0 Å². The van der Waals surface area contributed by atoms with Gasteiger partial charge in [-0.05, 0) is 23.8 Å². The standard InChI is InChI=1S/C14H16F3N3O/c15-14(16,17)13-5-7-20(19-13)6-2-8-21-12-4-1-3-11(9-12)10-18/h1,3-5,7,9H,2,6,8,10,18H2. The van der Waals surface area contributed by atoms with Crippen molar-refractivity contribution < 1.29 is 17.9 Å². The third-order valence-corrected chi connectivity index (χ3v) is 2.87. The largest absolute Gasteiger partial charge is 0.494 e. The molecule has 114 valence electrons. The van der Waals surface area contributed by atoms with E-state index in [0.717, 1.165) is 11.6 Å². The van der Waals surface area contributed by atoms with E-state index in [-0.39, 0.29) is 0 Å². The van der Waals surface area contributed by atoms with Gasteiger partial charge in [0.25, 0.3) is 0 Å². The summed E-state index contributed by atoms with van der Waals surface area (Å²) in [4.78, 5) is 0. The first-order chi connectivity index (χ1) is 9.99. The fourth-order valence-corrected chi connectivity index (χ4v) is 1.82. The van der Waals surface area contributed by atoms with Gasteiger partial charge in [-0.1, -0.05) is 12.1 Å². The predicted octanol–water partition coefficient (Wildman–Crippen LogP) is 2.83. The van der Waals surface area contributed by atoms with Gasteiger partial charge in [-0.3, -0.25) is 4.68 Å². The number of benzene rings is 1. The topological polar surface area (TPSA) is 53.1 Å². The second-order valence-electron chi connectivity index (χ2n) is 4.52. The number of alkyl halides is 3. The Kier molecular flexibility index (Phi) is 4.85. The van der Waals surface area contributed by atoms with Crippen molar-refractivity contribution in [3.05, 3.63) is 47.8 Å². The molecule has 1 aromatic heterocycles. The maximum Gasteiger partial charge on any atom is 0.435 e. The van der Waals surface area contributed by atoms with Crippen LogP contribution in [0.3, 0.4) is 0 Å². The lowest BCUT2D eigenvalue weighted by Crippen LogP contribution is -2.09. The lowest BCUT2D eigenvalue weighted by atomic mass is 10.2. The molecule has 0 aliphatic rings. The minimum Gasteiger partial charge on any atom is -0.494 e. The summed E-state index contributed by atoms with van der Waals surface area (Å²) in [6.45, 7) is 1.20. The molecule has 0 atom stereocenters. The van der Waals surface area contributed by atoms with Gasteiger partial charge in [0, 0.05) is 25.7 Å². The van der Waals surface area contributed by atoms with Gasteiger partial charge in [0.15, 0.2) is 5.69 Å². The van der Waals surface area contributed by atoms with Gasteiger partial charge in [0.05, 0.1) is 6.61 Å². The minimum atomic E-state index is -4.40. The highest BCUT2D eigenvalue weighted by atomic mass is 19.4. The van der Waals surface area contributed by atoms with Gasteiger partial charge in [-0.25, -0.2) is 0 Å². The van der Waals surface area contributed by atoms with Crippen molar-refractivity contribution in [2.24, 2.45) is 5.73 Å². The number of nitrogens with zero attached hydrogens (tertiary/aromatic N) is 2. The molecule has 0 unspecified atom stereocenters. The summed E-state index contributed by atoms with van der Waals surface area (Å²) >= 11 is 0. The average Bonchev–Trinajstić information content (AvgIpc) is 2.93. The van der Waals surface area contributed by atoms with Crippen LogP contribution in [0.15, 0.2) is 36.5 Å². The zero-order chi connectivity index (χ0) is 15.3. The van der Waals surface area contributed by atoms with Crippen molar-refractivity contribution in [2.75, 3.05) is 6.61 Å². The van der Waals surface area contributed by atoms with E-state index in [1.807, 2.05) is 24.3 Å². The van der Waals surface area contributed by atoms with Gasteiger partial charge in [0.2, 0.25) is 0 Å². The summed E-state index contributed by atoms with van der Waals surface area (Å²) in [6.07, 6.45) is -2.52. The number of hydrogen-bond acceptors (Lipinski definition) is 3. The molecule has 2 N–H and O–H groups in total. The second kappa shape index (κ2) is 6.62. The predicted molar refractivity (Wildman–Crippen MR) is 71.7 cm³/mol. The number of aromatic nitrogens is 2. The van der Waals surface area contributed by atoms with Crippen LogP contribution in [-0.2, 0) is 19.3 Å². The van der Waals surface area contributed by atoms with Gasteiger partial charge < -0.3 is 10.5 Å². The Morgan fingerprint density at radius 1 is 1.24 bits per heavy atom. The number of hydrogen-bond donors (Lipinski definition) is 1. The third kappa shape index (κ3) is 4.49. The Bertz CT molecular complexity index is 581. The van der Waals surface area contributed by atoms with E-state index in [1.165, 1.54) is 10.9 Å². The maximum atomic E-state index is 12.4. The zero-order valence-corrected chi connectivity index (χ0v) is 11.3. The Balaban J connectivity index is 1.78. The van der Waals surface area contributed by atoms with Gasteiger partial charge in [0.1, 0.15) is 5.75 Å². The highest BCUT2D eigenvalue weighted by Crippen LogP contribution is 2.27. The van der Waals surface area contributed by atoms with Crippen molar-refractivity contribution in [1.29, 1.82) is 0 Å². The van der Waals surface area contributed by atoms with E-state index in [4.69, 9.17) is 10.5 Å². The number of nitrogens with two attached hydrogens (primary N) is 1. The molecule has 0 amide bonds. The van der Waals surface area contributed by atoms with Crippen LogP contribution < -0.4 is 10.5 Å². The molecular weight excluding hydrogens is 283 g/mol. The number of halogens is 3. The van der Waals surface area contributed by atoms with E-state index in [9.17, 15) is 13.2 Å². The molecule has 0 bridgehead atoms. The molecule has 1 heterocycles. The molecule has 4 nitrogen and oxygen atoms in total. The first-order valence-electron chi connectivity index (χ1n) is 6.51. The summed E-state index contributed by atoms with van der Waals surface area (Å²) < 4.78 is 43.9. The van der Waals surface area contributed by atoms with Crippen molar-refractivity contribution in [3.63, 3.8) is 0 Å². The Morgan fingerprint density at radius 3 is 2.71 bits per heavy atom. The second-order valence-corrected chi connectivity index (χ2v) is 4.52. The number of aryl methyl sites for hydroxylation is 1. The molecule has 2 rings (SSSR count). The van der Waals surface area contributed by atoms with Crippen LogP contribution in [0.25, 0.3) is 0 Å². The van der Waals surface area contributed by atoms with Crippen LogP contribution in [0.5, 0.6) is 5.75 Å². The number of ether oxygens (including phenoxy) is 1. The van der Waals surface area contributed by atoms with E-state index >= 15 is 0 Å². The SMILES string of the molecule is NCc1cccc(OCCCn2ccc(C(F)(F)F)n2)c1. The van der Waals surface area contributed by atoms with E-state index < -0.39 is 11.9 Å². The average molecular weight is 299 g/mol. The van der Waals surface area contributed by atoms with E-state index in [1.54, 1.807) is 0 Å². The Morgan fingerprint density at radius 2 is 2.05 bits per heavy atom. The molecule has 7 heteroatoms. The van der Waals surface area contributed by atoms with Crippen molar-refractivity contribution in [1.82, 2.24) is 9.78 Å². The molecule has 0 spiro atoms. The van der Waals surface area contributed by atoms with Crippen LogP contribution in [-0.4, -0.2) is 16.4 Å². The molecule has 0 aliphatic heterocycles. The summed E-state index contributed by atoms with van der Waals surface area (Å²) in [7, 11) is 0. The minimum absolute atomic E-state index is 0.368. The quantitative estimate of drug-likeness (QED) is 0.835. The lowest BCUT2D eigenvalue weighted by Gasteiger charge is -2.07. The Hall–Kier alpha value is -2.02. The van der Waals surface area contributed by atoms with Gasteiger partial charge in [-0.2, -0.15) is 18.3 Å². The van der Waals surface area contributed by atoms with Crippen molar-refractivity contribution >= 4 is 0 Å². The third-order valence-electron chi connectivity index (χ3n) is 2.87. The molecule has 0 saturated carbocycles. The normalized spacial score (nSPS) is 11.6.